The van der Waals surface area contributed by atoms with Gasteiger partial charge in [0, 0.05) is 20.6 Å². The summed E-state index contributed by atoms with van der Waals surface area (Å²) >= 11 is 0. The molecule has 1 heterocycles. The van der Waals surface area contributed by atoms with Crippen LogP contribution in [0.5, 0.6) is 5.88 Å². The van der Waals surface area contributed by atoms with E-state index in [1.807, 2.05) is 0 Å². The second-order valence-corrected chi connectivity index (χ2v) is 4.47. The van der Waals surface area contributed by atoms with Crippen LogP contribution in [0, 0.1) is 0 Å². The van der Waals surface area contributed by atoms with Crippen molar-refractivity contribution in [3.05, 3.63) is 26.4 Å². The van der Waals surface area contributed by atoms with Crippen LogP contribution in [0.15, 0.2) is 9.59 Å². The van der Waals surface area contributed by atoms with Gasteiger partial charge >= 0.3 is 5.69 Å². The number of aromatic hydroxyl groups is 1. The van der Waals surface area contributed by atoms with E-state index in [1.54, 1.807) is 13.8 Å². The van der Waals surface area contributed by atoms with Crippen molar-refractivity contribution in [2.75, 3.05) is 14.2 Å². The predicted molar refractivity (Wildman–Crippen MR) is 69.6 cm³/mol. The highest BCUT2D eigenvalue weighted by atomic mass is 16.5. The quantitative estimate of drug-likeness (QED) is 0.751. The van der Waals surface area contributed by atoms with Gasteiger partial charge in [-0.15, -0.1) is 0 Å². The molecule has 0 saturated carbocycles. The number of rotatable bonds is 6. The number of hydrogen-bond acceptors (Lipinski definition) is 5. The SMILES string of the molecule is COC(C)Cc1c(O)n(CC(C)OC)c(=O)[nH]c1=O. The van der Waals surface area contributed by atoms with Gasteiger partial charge in [0.2, 0.25) is 5.88 Å². The molecule has 1 rings (SSSR count). The molecule has 108 valence electrons. The molecule has 0 spiro atoms. The van der Waals surface area contributed by atoms with Gasteiger partial charge in [0.1, 0.15) is 0 Å². The Balaban J connectivity index is 3.22. The van der Waals surface area contributed by atoms with Gasteiger partial charge in [0.05, 0.1) is 24.3 Å². The Kier molecular flexibility index (Phi) is 5.31. The minimum atomic E-state index is -0.653. The summed E-state index contributed by atoms with van der Waals surface area (Å²) in [4.78, 5) is 25.6. The van der Waals surface area contributed by atoms with Crippen LogP contribution in [-0.2, 0) is 22.4 Å². The molecule has 2 atom stereocenters. The molecule has 0 fully saturated rings. The number of hydrogen-bond donors (Lipinski definition) is 2. The molecule has 7 heteroatoms. The number of aromatic nitrogens is 2. The van der Waals surface area contributed by atoms with Crippen molar-refractivity contribution in [1.29, 1.82) is 0 Å². The average Bonchev–Trinajstić information content (AvgIpc) is 2.38. The zero-order valence-corrected chi connectivity index (χ0v) is 11.6. The molecule has 2 N–H and O–H groups in total. The first-order valence-electron chi connectivity index (χ1n) is 6.01. The standard InChI is InChI=1S/C12H20N2O5/c1-7(18-3)5-9-10(15)13-12(17)14(11(9)16)6-8(2)19-4/h7-8,16H,5-6H2,1-4H3,(H,13,15,17). The van der Waals surface area contributed by atoms with Crippen LogP contribution >= 0.6 is 0 Å². The molecule has 1 aromatic heterocycles. The molecule has 0 aliphatic carbocycles. The molecule has 0 aliphatic heterocycles. The Hall–Kier alpha value is -1.60. The topological polar surface area (TPSA) is 93.6 Å². The maximum atomic E-state index is 11.7. The Morgan fingerprint density at radius 2 is 1.79 bits per heavy atom. The lowest BCUT2D eigenvalue weighted by molar-refractivity contribution is 0.0981. The van der Waals surface area contributed by atoms with E-state index in [0.29, 0.717) is 0 Å². The number of ether oxygens (including phenoxy) is 2. The first kappa shape index (κ1) is 15.5. The Bertz CT molecular complexity index is 490. The van der Waals surface area contributed by atoms with E-state index in [0.717, 1.165) is 4.57 Å². The third-order valence-corrected chi connectivity index (χ3v) is 3.00. The molecule has 0 aliphatic rings. The molecule has 7 nitrogen and oxygen atoms in total. The predicted octanol–water partition coefficient (Wildman–Crippen LogP) is -0.145. The zero-order valence-electron chi connectivity index (χ0n) is 11.6. The van der Waals surface area contributed by atoms with Crippen LogP contribution < -0.4 is 11.2 Å². The van der Waals surface area contributed by atoms with Crippen molar-refractivity contribution in [1.82, 2.24) is 9.55 Å². The molecule has 0 saturated heterocycles. The van der Waals surface area contributed by atoms with Gasteiger partial charge in [0.15, 0.2) is 0 Å². The maximum Gasteiger partial charge on any atom is 0.331 e. The largest absolute Gasteiger partial charge is 0.494 e. The smallest absolute Gasteiger partial charge is 0.331 e. The van der Waals surface area contributed by atoms with E-state index in [-0.39, 0.29) is 36.6 Å². The number of aromatic amines is 1. The van der Waals surface area contributed by atoms with E-state index in [1.165, 1.54) is 14.2 Å². The van der Waals surface area contributed by atoms with Gasteiger partial charge in [-0.1, -0.05) is 0 Å². The van der Waals surface area contributed by atoms with Crippen LogP contribution in [0.3, 0.4) is 0 Å². The summed E-state index contributed by atoms with van der Waals surface area (Å²) in [6, 6.07) is 0. The maximum absolute atomic E-state index is 11.7. The second-order valence-electron chi connectivity index (χ2n) is 4.47. The summed E-state index contributed by atoms with van der Waals surface area (Å²) in [5.41, 5.74) is -1.11. The summed E-state index contributed by atoms with van der Waals surface area (Å²) in [6.45, 7) is 3.69. The Morgan fingerprint density at radius 1 is 1.21 bits per heavy atom. The van der Waals surface area contributed by atoms with Gasteiger partial charge in [-0.2, -0.15) is 0 Å². The Labute approximate surface area is 110 Å². The lowest BCUT2D eigenvalue weighted by Crippen LogP contribution is -2.35. The van der Waals surface area contributed by atoms with Crippen molar-refractivity contribution in [2.24, 2.45) is 0 Å². The zero-order chi connectivity index (χ0) is 14.6. The number of nitrogens with one attached hydrogen (secondary N) is 1. The third kappa shape index (κ3) is 3.68. The number of nitrogens with zero attached hydrogens (tertiary/aromatic N) is 1. The molecule has 1 aromatic rings. The van der Waals surface area contributed by atoms with E-state index in [2.05, 4.69) is 4.98 Å². The van der Waals surface area contributed by atoms with E-state index in [4.69, 9.17) is 9.47 Å². The Morgan fingerprint density at radius 3 is 2.32 bits per heavy atom. The van der Waals surface area contributed by atoms with Gasteiger partial charge in [-0.05, 0) is 13.8 Å². The van der Waals surface area contributed by atoms with E-state index >= 15 is 0 Å². The minimum Gasteiger partial charge on any atom is -0.494 e. The highest BCUT2D eigenvalue weighted by Crippen LogP contribution is 2.13. The second kappa shape index (κ2) is 6.53. The van der Waals surface area contributed by atoms with Crippen LogP contribution in [0.4, 0.5) is 0 Å². The first-order chi connectivity index (χ1) is 8.90. The summed E-state index contributed by atoms with van der Waals surface area (Å²) in [6.07, 6.45) is -0.278. The van der Waals surface area contributed by atoms with Crippen molar-refractivity contribution in [3.63, 3.8) is 0 Å². The summed E-state index contributed by atoms with van der Waals surface area (Å²) in [5.74, 6) is -0.332. The van der Waals surface area contributed by atoms with E-state index in [9.17, 15) is 14.7 Å². The average molecular weight is 272 g/mol. The van der Waals surface area contributed by atoms with Crippen LogP contribution in [0.2, 0.25) is 0 Å². The van der Waals surface area contributed by atoms with E-state index < -0.39 is 11.2 Å². The van der Waals surface area contributed by atoms with Crippen LogP contribution in [0.25, 0.3) is 0 Å². The van der Waals surface area contributed by atoms with Crippen LogP contribution in [0.1, 0.15) is 19.4 Å². The fraction of sp³-hybridized carbons (Fsp3) is 0.667. The highest BCUT2D eigenvalue weighted by Gasteiger charge is 2.17. The van der Waals surface area contributed by atoms with Gasteiger partial charge in [-0.25, -0.2) is 4.79 Å². The summed E-state index contributed by atoms with van der Waals surface area (Å²) in [5, 5.41) is 10.1. The molecular formula is C12H20N2O5. The molecule has 2 unspecified atom stereocenters. The van der Waals surface area contributed by atoms with Crippen LogP contribution in [-0.4, -0.2) is 41.1 Å². The number of methoxy groups -OCH3 is 2. The fourth-order valence-corrected chi connectivity index (χ4v) is 1.66. The molecule has 0 radical (unpaired) electrons. The molecular weight excluding hydrogens is 252 g/mol. The van der Waals surface area contributed by atoms with Gasteiger partial charge < -0.3 is 14.6 Å². The van der Waals surface area contributed by atoms with Crippen molar-refractivity contribution < 1.29 is 14.6 Å². The fourth-order valence-electron chi connectivity index (χ4n) is 1.66. The van der Waals surface area contributed by atoms with Gasteiger partial charge in [-0.3, -0.25) is 14.3 Å². The van der Waals surface area contributed by atoms with Crippen molar-refractivity contribution >= 4 is 0 Å². The lowest BCUT2D eigenvalue weighted by atomic mass is 10.1. The van der Waals surface area contributed by atoms with Gasteiger partial charge in [0.25, 0.3) is 5.56 Å². The molecule has 0 bridgehead atoms. The normalized spacial score (nSPS) is 14.3. The molecule has 19 heavy (non-hydrogen) atoms. The first-order valence-corrected chi connectivity index (χ1v) is 6.01. The van der Waals surface area contributed by atoms with Crippen molar-refractivity contribution in [3.8, 4) is 5.88 Å². The minimum absolute atomic E-state index is 0.136. The third-order valence-electron chi connectivity index (χ3n) is 3.00. The number of H-pyrrole nitrogens is 1. The summed E-state index contributed by atoms with van der Waals surface area (Å²) in [7, 11) is 3.02. The van der Waals surface area contributed by atoms with Crippen molar-refractivity contribution in [2.45, 2.75) is 39.0 Å². The summed E-state index contributed by atoms with van der Waals surface area (Å²) < 4.78 is 11.2. The lowest BCUT2D eigenvalue weighted by Gasteiger charge is -2.16. The highest BCUT2D eigenvalue weighted by molar-refractivity contribution is 5.23. The monoisotopic (exact) mass is 272 g/mol. The molecule has 0 amide bonds. The molecule has 0 aromatic carbocycles.